The van der Waals surface area contributed by atoms with Crippen LogP contribution in [0.15, 0.2) is 97.1 Å². The normalized spacial score (nSPS) is 14.4. The fourth-order valence-electron chi connectivity index (χ4n) is 5.67. The fourth-order valence-corrected chi connectivity index (χ4v) is 5.67. The monoisotopic (exact) mass is 468 g/mol. The van der Waals surface area contributed by atoms with E-state index in [-0.39, 0.29) is 0 Å². The molecule has 0 N–H and O–H groups in total. The number of benzene rings is 6. The molecule has 1 heterocycles. The molecule has 1 aliphatic rings. The lowest BCUT2D eigenvalue weighted by molar-refractivity contribution is 0.285. The van der Waals surface area contributed by atoms with E-state index in [1.54, 1.807) is 0 Å². The smallest absolute Gasteiger partial charge is 0.127 e. The van der Waals surface area contributed by atoms with Crippen molar-refractivity contribution in [1.29, 1.82) is 0 Å². The van der Waals surface area contributed by atoms with E-state index >= 15 is 0 Å². The van der Waals surface area contributed by atoms with E-state index < -0.39 is 0 Å². The molecule has 0 radical (unpaired) electrons. The van der Waals surface area contributed by atoms with Gasteiger partial charge >= 0.3 is 0 Å². The maximum absolute atomic E-state index is 6.52. The molecule has 6 aromatic rings. The van der Waals surface area contributed by atoms with Gasteiger partial charge in [-0.25, -0.2) is 0 Å². The van der Waals surface area contributed by atoms with E-state index in [9.17, 15) is 0 Å². The minimum absolute atomic E-state index is 0.732. The molecule has 2 nitrogen and oxygen atoms in total. The van der Waals surface area contributed by atoms with E-state index in [0.29, 0.717) is 0 Å². The minimum atomic E-state index is 0.732. The predicted molar refractivity (Wildman–Crippen MR) is 151 cm³/mol. The van der Waals surface area contributed by atoms with E-state index in [1.165, 1.54) is 43.1 Å². The highest BCUT2D eigenvalue weighted by Crippen LogP contribution is 2.47. The average molecular weight is 469 g/mol. The Kier molecular flexibility index (Phi) is 5.24. The molecule has 6 aromatic carbocycles. The van der Waals surface area contributed by atoms with Gasteiger partial charge < -0.3 is 9.47 Å². The second kappa shape index (κ2) is 8.87. The number of hydrogen-bond donors (Lipinski definition) is 0. The van der Waals surface area contributed by atoms with E-state index in [0.717, 1.165) is 61.5 Å². The van der Waals surface area contributed by atoms with Crippen LogP contribution in [0.4, 0.5) is 0 Å². The molecule has 0 spiro atoms. The lowest BCUT2D eigenvalue weighted by Gasteiger charge is -2.21. The molecule has 2 heteroatoms. The molecule has 0 aliphatic carbocycles. The summed E-state index contributed by atoms with van der Waals surface area (Å²) in [7, 11) is 0. The van der Waals surface area contributed by atoms with Gasteiger partial charge in [0.1, 0.15) is 11.5 Å². The van der Waals surface area contributed by atoms with Crippen LogP contribution in [0.1, 0.15) is 25.7 Å². The van der Waals surface area contributed by atoms with Crippen LogP contribution in [-0.4, -0.2) is 13.2 Å². The van der Waals surface area contributed by atoms with Crippen LogP contribution in [0.25, 0.3) is 54.2 Å². The number of fused-ring (bicyclic) bond motifs is 9. The van der Waals surface area contributed by atoms with Gasteiger partial charge in [0, 0.05) is 11.1 Å². The van der Waals surface area contributed by atoms with Crippen molar-refractivity contribution in [1.82, 2.24) is 0 Å². The number of ether oxygens (including phenoxy) is 2. The van der Waals surface area contributed by atoms with Gasteiger partial charge in [-0.1, -0.05) is 60.7 Å². The summed E-state index contributed by atoms with van der Waals surface area (Å²) in [4.78, 5) is 0. The topological polar surface area (TPSA) is 18.5 Å². The number of hydrogen-bond acceptors (Lipinski definition) is 2. The quantitative estimate of drug-likeness (QED) is 0.207. The molecule has 0 amide bonds. The Balaban J connectivity index is 1.61. The Labute approximate surface area is 211 Å². The van der Waals surface area contributed by atoms with Crippen molar-refractivity contribution in [2.24, 2.45) is 0 Å². The molecular formula is C34H28O2. The first-order chi connectivity index (χ1) is 17.8. The van der Waals surface area contributed by atoms with Crippen molar-refractivity contribution in [3.63, 3.8) is 0 Å². The molecule has 1 aliphatic heterocycles. The predicted octanol–water partition coefficient (Wildman–Crippen LogP) is 9.30. The molecular weight excluding hydrogens is 440 g/mol. The maximum atomic E-state index is 6.52. The Morgan fingerprint density at radius 2 is 0.806 bits per heavy atom. The summed E-state index contributed by atoms with van der Waals surface area (Å²) in [6.07, 6.45) is 4.44. The Hall–Kier alpha value is -4.04. The van der Waals surface area contributed by atoms with E-state index in [4.69, 9.17) is 9.47 Å². The molecule has 36 heavy (non-hydrogen) atoms. The summed E-state index contributed by atoms with van der Waals surface area (Å²) in [6, 6.07) is 35.1. The largest absolute Gasteiger partial charge is 0.493 e. The molecule has 0 saturated heterocycles. The van der Waals surface area contributed by atoms with Crippen molar-refractivity contribution in [2.45, 2.75) is 25.7 Å². The lowest BCUT2D eigenvalue weighted by Crippen LogP contribution is -2.04. The Morgan fingerprint density at radius 1 is 0.389 bits per heavy atom. The zero-order valence-electron chi connectivity index (χ0n) is 20.3. The first-order valence-corrected chi connectivity index (χ1v) is 13.0. The zero-order chi connectivity index (χ0) is 23.9. The first kappa shape index (κ1) is 21.3. The summed E-state index contributed by atoms with van der Waals surface area (Å²) in [6.45, 7) is 1.46. The average Bonchev–Trinajstić information content (AvgIpc) is 2.91. The summed E-state index contributed by atoms with van der Waals surface area (Å²) in [5.74, 6) is 1.87. The van der Waals surface area contributed by atoms with Gasteiger partial charge in [-0.3, -0.25) is 0 Å². The zero-order valence-corrected chi connectivity index (χ0v) is 20.3. The van der Waals surface area contributed by atoms with Crippen molar-refractivity contribution in [2.75, 3.05) is 13.2 Å². The van der Waals surface area contributed by atoms with E-state index in [1.807, 2.05) is 0 Å². The molecule has 0 bridgehead atoms. The molecule has 7 rings (SSSR count). The SMILES string of the molecule is c1ccc2cc3c4c(ccc3cc2c1)OCCCCCCOc1ccc2cc3ccccc3cc2c1-4. The van der Waals surface area contributed by atoms with Crippen LogP contribution >= 0.6 is 0 Å². The minimum Gasteiger partial charge on any atom is -0.493 e. The highest BCUT2D eigenvalue weighted by atomic mass is 16.5. The van der Waals surface area contributed by atoms with Gasteiger partial charge in [0.05, 0.1) is 13.2 Å². The second-order valence-corrected chi connectivity index (χ2v) is 9.83. The van der Waals surface area contributed by atoms with Crippen LogP contribution in [0.2, 0.25) is 0 Å². The number of rotatable bonds is 0. The second-order valence-electron chi connectivity index (χ2n) is 9.83. The Bertz CT molecular complexity index is 1620. The lowest BCUT2D eigenvalue weighted by atomic mass is 9.90. The summed E-state index contributed by atoms with van der Waals surface area (Å²) >= 11 is 0. The van der Waals surface area contributed by atoms with Gasteiger partial charge in [0.25, 0.3) is 0 Å². The van der Waals surface area contributed by atoms with Gasteiger partial charge in [0.15, 0.2) is 0 Å². The summed E-state index contributed by atoms with van der Waals surface area (Å²) < 4.78 is 13.0. The van der Waals surface area contributed by atoms with Crippen LogP contribution in [0, 0.1) is 0 Å². The van der Waals surface area contributed by atoms with Gasteiger partial charge in [-0.15, -0.1) is 0 Å². The molecule has 0 aromatic heterocycles. The highest BCUT2D eigenvalue weighted by molar-refractivity contribution is 6.14. The van der Waals surface area contributed by atoms with Crippen molar-refractivity contribution < 1.29 is 9.47 Å². The molecule has 0 unspecified atom stereocenters. The van der Waals surface area contributed by atoms with Crippen LogP contribution in [-0.2, 0) is 0 Å². The van der Waals surface area contributed by atoms with Gasteiger partial charge in [-0.2, -0.15) is 0 Å². The Morgan fingerprint density at radius 3 is 1.25 bits per heavy atom. The van der Waals surface area contributed by atoms with Crippen LogP contribution in [0.5, 0.6) is 11.5 Å². The molecule has 176 valence electrons. The van der Waals surface area contributed by atoms with Crippen molar-refractivity contribution in [3.8, 4) is 22.6 Å². The first-order valence-electron chi connectivity index (χ1n) is 13.0. The van der Waals surface area contributed by atoms with Crippen LogP contribution in [0.3, 0.4) is 0 Å². The summed E-state index contributed by atoms with van der Waals surface area (Å²) in [5.41, 5.74) is 2.27. The molecule has 0 atom stereocenters. The van der Waals surface area contributed by atoms with Crippen LogP contribution < -0.4 is 9.47 Å². The third-order valence-electron chi connectivity index (χ3n) is 7.50. The van der Waals surface area contributed by atoms with Crippen molar-refractivity contribution in [3.05, 3.63) is 97.1 Å². The molecule has 0 fully saturated rings. The van der Waals surface area contributed by atoms with E-state index in [2.05, 4.69) is 97.1 Å². The third kappa shape index (κ3) is 3.65. The highest BCUT2D eigenvalue weighted by Gasteiger charge is 2.20. The van der Waals surface area contributed by atoms with Gasteiger partial charge in [-0.05, 0) is 105 Å². The van der Waals surface area contributed by atoms with Gasteiger partial charge in [0.2, 0.25) is 0 Å². The standard InChI is InChI=1S/C34H28O2/c1-2-8-18-36-32-16-14-28-20-24-10-4-6-12-26(24)22-30(28)34(32)33-29-21-25-11-5-3-9-23(25)19-27(29)13-15-31(33)35-17-7-1/h3-6,9-16,19-22H,1-2,7-8,17-18H2. The maximum Gasteiger partial charge on any atom is 0.127 e. The fraction of sp³-hybridized carbons (Fsp3) is 0.176. The summed E-state index contributed by atoms with van der Waals surface area (Å²) in [5, 5.41) is 9.80. The van der Waals surface area contributed by atoms with Crippen molar-refractivity contribution >= 4 is 43.1 Å². The third-order valence-corrected chi connectivity index (χ3v) is 7.50. The molecule has 0 saturated carbocycles.